The Labute approximate surface area is 134 Å². The van der Waals surface area contributed by atoms with Gasteiger partial charge in [0.1, 0.15) is 5.75 Å². The highest BCUT2D eigenvalue weighted by Crippen LogP contribution is 2.22. The molecule has 1 amide bonds. The van der Waals surface area contributed by atoms with E-state index in [1.807, 2.05) is 12.1 Å². The molecule has 2 rings (SSSR count). The number of carbonyl (C=O) groups excluding carboxylic acids is 1. The van der Waals surface area contributed by atoms with Crippen molar-refractivity contribution in [3.05, 3.63) is 58.9 Å². The summed E-state index contributed by atoms with van der Waals surface area (Å²) < 4.78 is 5.09. The van der Waals surface area contributed by atoms with Crippen LogP contribution in [-0.2, 0) is 6.42 Å². The Morgan fingerprint density at radius 1 is 1.29 bits per heavy atom. The van der Waals surface area contributed by atoms with Gasteiger partial charge in [-0.1, -0.05) is 17.7 Å². The number of halogens is 2. The molecular formula is C15H16Cl2N2O2. The van der Waals surface area contributed by atoms with Crippen LogP contribution >= 0.6 is 24.0 Å². The Bertz CT molecular complexity index is 591. The van der Waals surface area contributed by atoms with Crippen LogP contribution in [0.5, 0.6) is 5.75 Å². The average Bonchev–Trinajstić information content (AvgIpc) is 2.49. The van der Waals surface area contributed by atoms with Crippen molar-refractivity contribution in [2.75, 3.05) is 13.7 Å². The van der Waals surface area contributed by atoms with E-state index in [0.717, 1.165) is 11.3 Å². The van der Waals surface area contributed by atoms with E-state index in [1.54, 1.807) is 37.7 Å². The predicted molar refractivity (Wildman–Crippen MR) is 85.5 cm³/mol. The number of hydrogen-bond donors (Lipinski definition) is 1. The molecule has 0 atom stereocenters. The first kappa shape index (κ1) is 17.3. The van der Waals surface area contributed by atoms with Crippen LogP contribution in [0.1, 0.15) is 15.9 Å². The molecule has 0 saturated carbocycles. The Balaban J connectivity index is 0.00000220. The van der Waals surface area contributed by atoms with Gasteiger partial charge < -0.3 is 10.1 Å². The van der Waals surface area contributed by atoms with Gasteiger partial charge in [0.25, 0.3) is 5.91 Å². The fraction of sp³-hybridized carbons (Fsp3) is 0.200. The smallest absolute Gasteiger partial charge is 0.251 e. The quantitative estimate of drug-likeness (QED) is 0.918. The van der Waals surface area contributed by atoms with E-state index in [-0.39, 0.29) is 18.3 Å². The van der Waals surface area contributed by atoms with Crippen molar-refractivity contribution in [3.8, 4) is 5.75 Å². The molecule has 0 aliphatic carbocycles. The zero-order valence-corrected chi connectivity index (χ0v) is 13.1. The SMILES string of the molecule is COc1ccc(CCNC(=O)c2ccncc2)c(Cl)c1.Cl. The maximum atomic E-state index is 11.8. The van der Waals surface area contributed by atoms with Gasteiger partial charge in [0.15, 0.2) is 0 Å². The molecule has 0 fully saturated rings. The topological polar surface area (TPSA) is 51.2 Å². The van der Waals surface area contributed by atoms with Crippen LogP contribution in [0.15, 0.2) is 42.7 Å². The fourth-order valence-corrected chi connectivity index (χ4v) is 2.04. The third kappa shape index (κ3) is 4.92. The Morgan fingerprint density at radius 3 is 2.62 bits per heavy atom. The minimum Gasteiger partial charge on any atom is -0.497 e. The molecule has 1 aromatic heterocycles. The number of hydrogen-bond acceptors (Lipinski definition) is 3. The largest absolute Gasteiger partial charge is 0.497 e. The van der Waals surface area contributed by atoms with Crippen molar-refractivity contribution in [2.45, 2.75) is 6.42 Å². The Kier molecular flexibility index (Phi) is 6.99. The number of carbonyl (C=O) groups is 1. The maximum absolute atomic E-state index is 11.8. The van der Waals surface area contributed by atoms with Crippen LogP contribution in [0.2, 0.25) is 5.02 Å². The summed E-state index contributed by atoms with van der Waals surface area (Å²) in [5.74, 6) is 0.608. The fourth-order valence-electron chi connectivity index (χ4n) is 1.77. The lowest BCUT2D eigenvalue weighted by atomic mass is 10.1. The predicted octanol–water partition coefficient (Wildman–Crippen LogP) is 3.14. The number of amides is 1. The van der Waals surface area contributed by atoms with Gasteiger partial charge in [-0.2, -0.15) is 0 Å². The van der Waals surface area contributed by atoms with Crippen molar-refractivity contribution in [1.29, 1.82) is 0 Å². The van der Waals surface area contributed by atoms with Crippen LogP contribution in [0.25, 0.3) is 0 Å². The molecule has 0 bridgehead atoms. The van der Waals surface area contributed by atoms with Crippen molar-refractivity contribution in [3.63, 3.8) is 0 Å². The second kappa shape index (κ2) is 8.49. The summed E-state index contributed by atoms with van der Waals surface area (Å²) in [7, 11) is 1.60. The van der Waals surface area contributed by atoms with E-state index in [0.29, 0.717) is 23.6 Å². The molecule has 2 aromatic rings. The molecule has 21 heavy (non-hydrogen) atoms. The number of benzene rings is 1. The molecule has 0 unspecified atom stereocenters. The Morgan fingerprint density at radius 2 is 2.00 bits per heavy atom. The Hall–Kier alpha value is -1.78. The van der Waals surface area contributed by atoms with Gasteiger partial charge in [-0.05, 0) is 36.2 Å². The summed E-state index contributed by atoms with van der Waals surface area (Å²) in [4.78, 5) is 15.7. The van der Waals surface area contributed by atoms with Crippen molar-refractivity contribution in [2.24, 2.45) is 0 Å². The van der Waals surface area contributed by atoms with Crippen LogP contribution in [-0.4, -0.2) is 24.5 Å². The number of nitrogens with one attached hydrogen (secondary N) is 1. The van der Waals surface area contributed by atoms with E-state index < -0.39 is 0 Å². The number of ether oxygens (including phenoxy) is 1. The molecular weight excluding hydrogens is 311 g/mol. The van der Waals surface area contributed by atoms with Crippen LogP contribution < -0.4 is 10.1 Å². The van der Waals surface area contributed by atoms with E-state index in [2.05, 4.69) is 10.3 Å². The summed E-state index contributed by atoms with van der Waals surface area (Å²) in [6.45, 7) is 0.521. The zero-order valence-electron chi connectivity index (χ0n) is 11.5. The second-order valence-electron chi connectivity index (χ2n) is 4.20. The monoisotopic (exact) mass is 326 g/mol. The highest BCUT2D eigenvalue weighted by Gasteiger charge is 2.06. The molecule has 1 N–H and O–H groups in total. The normalized spacial score (nSPS) is 9.62. The lowest BCUT2D eigenvalue weighted by molar-refractivity contribution is 0.0954. The van der Waals surface area contributed by atoms with Crippen LogP contribution in [0, 0.1) is 0 Å². The molecule has 0 aliphatic heterocycles. The average molecular weight is 327 g/mol. The minimum atomic E-state index is -0.114. The molecule has 0 radical (unpaired) electrons. The number of pyridine rings is 1. The lowest BCUT2D eigenvalue weighted by Gasteiger charge is -2.08. The summed E-state index contributed by atoms with van der Waals surface area (Å²) in [5.41, 5.74) is 1.57. The van der Waals surface area contributed by atoms with Gasteiger partial charge in [-0.15, -0.1) is 12.4 Å². The first-order valence-corrected chi connectivity index (χ1v) is 6.59. The van der Waals surface area contributed by atoms with Crippen molar-refractivity contribution in [1.82, 2.24) is 10.3 Å². The van der Waals surface area contributed by atoms with Crippen LogP contribution in [0.3, 0.4) is 0 Å². The lowest BCUT2D eigenvalue weighted by Crippen LogP contribution is -2.25. The summed E-state index contributed by atoms with van der Waals surface area (Å²) >= 11 is 6.14. The zero-order chi connectivity index (χ0) is 14.4. The number of rotatable bonds is 5. The third-order valence-corrected chi connectivity index (χ3v) is 3.23. The third-order valence-electron chi connectivity index (χ3n) is 2.88. The van der Waals surface area contributed by atoms with Gasteiger partial charge in [0.2, 0.25) is 0 Å². The van der Waals surface area contributed by atoms with E-state index in [1.165, 1.54) is 0 Å². The number of methoxy groups -OCH3 is 1. The standard InChI is InChI=1S/C15H15ClN2O2.ClH/c1-20-13-3-2-11(14(16)10-13)6-9-18-15(19)12-4-7-17-8-5-12;/h2-5,7-8,10H,6,9H2,1H3,(H,18,19);1H. The minimum absolute atomic E-state index is 0. The van der Waals surface area contributed by atoms with Crippen molar-refractivity contribution < 1.29 is 9.53 Å². The molecule has 4 nitrogen and oxygen atoms in total. The summed E-state index contributed by atoms with van der Waals surface area (Å²) in [6, 6.07) is 8.87. The molecule has 0 spiro atoms. The van der Waals surface area contributed by atoms with Gasteiger partial charge in [-0.3, -0.25) is 9.78 Å². The van der Waals surface area contributed by atoms with E-state index >= 15 is 0 Å². The molecule has 112 valence electrons. The summed E-state index contributed by atoms with van der Waals surface area (Å²) in [5, 5.41) is 3.49. The summed E-state index contributed by atoms with van der Waals surface area (Å²) in [6.07, 6.45) is 3.85. The highest BCUT2D eigenvalue weighted by atomic mass is 35.5. The highest BCUT2D eigenvalue weighted by molar-refractivity contribution is 6.31. The molecule has 1 heterocycles. The van der Waals surface area contributed by atoms with E-state index in [4.69, 9.17) is 16.3 Å². The maximum Gasteiger partial charge on any atom is 0.251 e. The molecule has 0 aliphatic rings. The molecule has 0 saturated heterocycles. The van der Waals surface area contributed by atoms with Crippen molar-refractivity contribution >= 4 is 29.9 Å². The number of nitrogens with zero attached hydrogens (tertiary/aromatic N) is 1. The van der Waals surface area contributed by atoms with Crippen LogP contribution in [0.4, 0.5) is 0 Å². The molecule has 1 aromatic carbocycles. The van der Waals surface area contributed by atoms with Gasteiger partial charge in [-0.25, -0.2) is 0 Å². The second-order valence-corrected chi connectivity index (χ2v) is 4.61. The van der Waals surface area contributed by atoms with Gasteiger partial charge in [0.05, 0.1) is 7.11 Å². The molecule has 6 heteroatoms. The number of aromatic nitrogens is 1. The first-order chi connectivity index (χ1) is 9.70. The van der Waals surface area contributed by atoms with Gasteiger partial charge >= 0.3 is 0 Å². The first-order valence-electron chi connectivity index (χ1n) is 6.21. The van der Waals surface area contributed by atoms with E-state index in [9.17, 15) is 4.79 Å². The van der Waals surface area contributed by atoms with Gasteiger partial charge in [0, 0.05) is 29.5 Å².